The average molecular weight is 352 g/mol. The summed E-state index contributed by atoms with van der Waals surface area (Å²) in [7, 11) is 1.65. The number of hydrogen-bond donors (Lipinski definition) is 1. The fourth-order valence-electron chi connectivity index (χ4n) is 6.14. The van der Waals surface area contributed by atoms with Gasteiger partial charge in [0.1, 0.15) is 0 Å². The molecule has 0 aromatic rings. The molecule has 1 N–H and O–H groups in total. The Morgan fingerprint density at radius 1 is 1.32 bits per heavy atom. The van der Waals surface area contributed by atoms with Gasteiger partial charge in [0.25, 0.3) is 0 Å². The second-order valence-electron chi connectivity index (χ2n) is 10.5. The van der Waals surface area contributed by atoms with Crippen LogP contribution in [0.4, 0.5) is 0 Å². The van der Waals surface area contributed by atoms with E-state index in [4.69, 9.17) is 9.47 Å². The summed E-state index contributed by atoms with van der Waals surface area (Å²) in [6, 6.07) is 0.263. The molecule has 3 rings (SSSR count). The highest BCUT2D eigenvalue weighted by Crippen LogP contribution is 2.69. The van der Waals surface area contributed by atoms with Crippen molar-refractivity contribution < 1.29 is 14.3 Å². The van der Waals surface area contributed by atoms with Crippen LogP contribution in [-0.4, -0.2) is 38.4 Å². The van der Waals surface area contributed by atoms with Gasteiger partial charge in [0.15, 0.2) is 0 Å². The van der Waals surface area contributed by atoms with Crippen LogP contribution in [0.3, 0.4) is 0 Å². The number of carbonyl (C=O) groups excluding carboxylic acids is 1. The quantitative estimate of drug-likeness (QED) is 0.820. The smallest absolute Gasteiger partial charge is 0.222 e. The number of methoxy groups -OCH3 is 1. The molecule has 2 bridgehead atoms. The number of fused-ring (bicyclic) bond motifs is 1. The maximum atomic E-state index is 12.5. The van der Waals surface area contributed by atoms with Gasteiger partial charge in [-0.25, -0.2) is 0 Å². The molecule has 5 atom stereocenters. The summed E-state index contributed by atoms with van der Waals surface area (Å²) in [4.78, 5) is 12.5. The van der Waals surface area contributed by atoms with Crippen LogP contribution in [0, 0.1) is 28.1 Å². The van der Waals surface area contributed by atoms with Crippen LogP contribution in [0.25, 0.3) is 0 Å². The Bertz CT molecular complexity index is 510. The zero-order chi connectivity index (χ0) is 18.5. The number of rotatable bonds is 5. The summed E-state index contributed by atoms with van der Waals surface area (Å²) < 4.78 is 11.4. The van der Waals surface area contributed by atoms with Gasteiger partial charge in [0.2, 0.25) is 5.91 Å². The van der Waals surface area contributed by atoms with Crippen LogP contribution < -0.4 is 5.32 Å². The number of carbonyl (C=O) groups is 1. The Kier molecular flexibility index (Phi) is 5.00. The molecule has 1 amide bonds. The van der Waals surface area contributed by atoms with Gasteiger partial charge in [0, 0.05) is 26.2 Å². The van der Waals surface area contributed by atoms with Gasteiger partial charge in [-0.1, -0.05) is 34.6 Å². The summed E-state index contributed by atoms with van der Waals surface area (Å²) in [5.74, 6) is 1.42. The van der Waals surface area contributed by atoms with Crippen molar-refractivity contribution in [1.82, 2.24) is 5.32 Å². The first kappa shape index (κ1) is 19.2. The molecule has 4 nitrogen and oxygen atoms in total. The lowest BCUT2D eigenvalue weighted by molar-refractivity contribution is -0.141. The van der Waals surface area contributed by atoms with Crippen molar-refractivity contribution >= 4 is 5.91 Å². The lowest BCUT2D eigenvalue weighted by atomic mass is 9.58. The predicted octanol–water partition coefficient (Wildman–Crippen LogP) is 3.79. The number of amides is 1. The lowest BCUT2D eigenvalue weighted by Crippen LogP contribution is -2.60. The third-order valence-electron chi connectivity index (χ3n) is 7.27. The molecule has 0 aromatic heterocycles. The Hall–Kier alpha value is -0.610. The molecule has 4 heteroatoms. The molecule has 0 radical (unpaired) electrons. The van der Waals surface area contributed by atoms with Crippen LogP contribution in [0.2, 0.25) is 0 Å². The van der Waals surface area contributed by atoms with Crippen LogP contribution in [-0.2, 0) is 14.3 Å². The molecular formula is C21H37NO3. The summed E-state index contributed by atoms with van der Waals surface area (Å²) >= 11 is 0. The molecular weight excluding hydrogens is 314 g/mol. The minimum absolute atomic E-state index is 0.138. The highest BCUT2D eigenvalue weighted by molar-refractivity contribution is 5.76. The van der Waals surface area contributed by atoms with Gasteiger partial charge >= 0.3 is 0 Å². The van der Waals surface area contributed by atoms with Crippen molar-refractivity contribution in [1.29, 1.82) is 0 Å². The van der Waals surface area contributed by atoms with Gasteiger partial charge < -0.3 is 14.8 Å². The van der Waals surface area contributed by atoms with Crippen molar-refractivity contribution in [2.45, 2.75) is 78.9 Å². The molecule has 144 valence electrons. The topological polar surface area (TPSA) is 47.6 Å². The lowest BCUT2D eigenvalue weighted by Gasteiger charge is -2.54. The second kappa shape index (κ2) is 6.53. The third kappa shape index (κ3) is 3.37. The number of hydrogen-bond acceptors (Lipinski definition) is 3. The maximum absolute atomic E-state index is 12.5. The first-order chi connectivity index (χ1) is 11.6. The van der Waals surface area contributed by atoms with E-state index in [1.54, 1.807) is 7.11 Å². The monoisotopic (exact) mass is 351 g/mol. The average Bonchev–Trinajstić information content (AvgIpc) is 2.98. The van der Waals surface area contributed by atoms with Gasteiger partial charge in [0.05, 0.1) is 12.7 Å². The van der Waals surface area contributed by atoms with Gasteiger partial charge in [-0.15, -0.1) is 0 Å². The summed E-state index contributed by atoms with van der Waals surface area (Å²) in [5, 5.41) is 3.43. The molecule has 1 heterocycles. The third-order valence-corrected chi connectivity index (χ3v) is 7.27. The number of nitrogens with one attached hydrogen (secondary N) is 1. The van der Waals surface area contributed by atoms with Crippen molar-refractivity contribution in [2.24, 2.45) is 28.1 Å². The van der Waals surface area contributed by atoms with Crippen molar-refractivity contribution in [3.05, 3.63) is 0 Å². The molecule has 3 fully saturated rings. The predicted molar refractivity (Wildman–Crippen MR) is 99.3 cm³/mol. The molecule has 25 heavy (non-hydrogen) atoms. The molecule has 2 aliphatic carbocycles. The highest BCUT2D eigenvalue weighted by atomic mass is 16.5. The molecule has 0 unspecified atom stereocenters. The minimum Gasteiger partial charge on any atom is -0.384 e. The van der Waals surface area contributed by atoms with E-state index in [-0.39, 0.29) is 28.2 Å². The largest absolute Gasteiger partial charge is 0.384 e. The zero-order valence-electron chi connectivity index (χ0n) is 17.0. The van der Waals surface area contributed by atoms with Gasteiger partial charge in [-0.2, -0.15) is 0 Å². The SMILES string of the molecule is COCCC(=O)N[C@@H]1C(C)(C)[C@@H]2C[C@@H]3[C@@H](CC(C)(C)C)OCC[C@@]31C2. The van der Waals surface area contributed by atoms with Crippen molar-refractivity contribution in [3.8, 4) is 0 Å². The van der Waals surface area contributed by atoms with E-state index in [1.807, 2.05) is 0 Å². The normalized spacial score (nSPS) is 39.3. The Morgan fingerprint density at radius 2 is 2.04 bits per heavy atom. The standard InChI is InChI=1S/C21H37NO3/c1-19(2,3)13-16-15-11-14-12-21(15,8-10-25-16)18(20(14,4)5)22-17(23)7-9-24-6/h14-16,18H,7-13H2,1-6H3,(H,22,23)/t14-,15-,16-,18-,21-/m1/s1. The Labute approximate surface area is 153 Å². The van der Waals surface area contributed by atoms with Crippen LogP contribution in [0.1, 0.15) is 66.7 Å². The van der Waals surface area contributed by atoms with Crippen LogP contribution in [0.15, 0.2) is 0 Å². The minimum atomic E-state index is 0.138. The van der Waals surface area contributed by atoms with E-state index >= 15 is 0 Å². The molecule has 1 spiro atoms. The van der Waals surface area contributed by atoms with E-state index in [0.717, 1.165) is 19.4 Å². The van der Waals surface area contributed by atoms with Crippen molar-refractivity contribution in [3.63, 3.8) is 0 Å². The van der Waals surface area contributed by atoms with E-state index < -0.39 is 0 Å². The van der Waals surface area contributed by atoms with Crippen LogP contribution in [0.5, 0.6) is 0 Å². The van der Waals surface area contributed by atoms with Crippen LogP contribution >= 0.6 is 0 Å². The summed E-state index contributed by atoms with van der Waals surface area (Å²) in [6.45, 7) is 13.0. The molecule has 1 saturated heterocycles. The maximum Gasteiger partial charge on any atom is 0.222 e. The fourth-order valence-corrected chi connectivity index (χ4v) is 6.14. The zero-order valence-corrected chi connectivity index (χ0v) is 17.0. The molecule has 1 aliphatic heterocycles. The first-order valence-corrected chi connectivity index (χ1v) is 10.00. The van der Waals surface area contributed by atoms with Gasteiger partial charge in [-0.05, 0) is 53.8 Å². The van der Waals surface area contributed by atoms with Crippen molar-refractivity contribution in [2.75, 3.05) is 20.3 Å². The highest BCUT2D eigenvalue weighted by Gasteiger charge is 2.68. The van der Waals surface area contributed by atoms with E-state index in [2.05, 4.69) is 39.9 Å². The van der Waals surface area contributed by atoms with E-state index in [9.17, 15) is 4.79 Å². The second-order valence-corrected chi connectivity index (χ2v) is 10.5. The molecule has 3 aliphatic rings. The Balaban J connectivity index is 1.82. The molecule has 2 saturated carbocycles. The fraction of sp³-hybridized carbons (Fsp3) is 0.952. The van der Waals surface area contributed by atoms with Gasteiger partial charge in [-0.3, -0.25) is 4.79 Å². The van der Waals surface area contributed by atoms with E-state index in [1.165, 1.54) is 12.8 Å². The summed E-state index contributed by atoms with van der Waals surface area (Å²) in [5.41, 5.74) is 0.672. The summed E-state index contributed by atoms with van der Waals surface area (Å²) in [6.07, 6.45) is 5.51. The number of ether oxygens (including phenoxy) is 2. The molecule has 0 aromatic carbocycles. The first-order valence-electron chi connectivity index (χ1n) is 10.00. The Morgan fingerprint density at radius 3 is 2.68 bits per heavy atom. The van der Waals surface area contributed by atoms with E-state index in [0.29, 0.717) is 31.0 Å².